The lowest BCUT2D eigenvalue weighted by Crippen LogP contribution is -2.29. The average Bonchev–Trinajstić information content (AvgIpc) is 2.53. The predicted molar refractivity (Wildman–Crippen MR) is 89.9 cm³/mol. The molecule has 2 rings (SSSR count). The molecule has 0 heterocycles. The number of nitrogens with one attached hydrogen (secondary N) is 2. The highest BCUT2D eigenvalue weighted by atomic mass is 16.2. The van der Waals surface area contributed by atoms with Crippen LogP contribution in [0.5, 0.6) is 0 Å². The van der Waals surface area contributed by atoms with E-state index in [1.165, 1.54) is 0 Å². The Morgan fingerprint density at radius 2 is 1.74 bits per heavy atom. The number of aryl methyl sites for hydroxylation is 1. The summed E-state index contributed by atoms with van der Waals surface area (Å²) < 4.78 is 0. The number of urea groups is 1. The smallest absolute Gasteiger partial charge is 0.312 e. The monoisotopic (exact) mass is 311 g/mol. The second kappa shape index (κ2) is 7.45. The second-order valence-corrected chi connectivity index (χ2v) is 5.47. The fraction of sp³-hybridized carbons (Fsp3) is 0.222. The van der Waals surface area contributed by atoms with Crippen LogP contribution in [0, 0.1) is 6.92 Å². The Morgan fingerprint density at radius 1 is 1.09 bits per heavy atom. The van der Waals surface area contributed by atoms with Crippen molar-refractivity contribution in [2.45, 2.75) is 26.4 Å². The fourth-order valence-electron chi connectivity index (χ4n) is 2.39. The van der Waals surface area contributed by atoms with Crippen molar-refractivity contribution >= 4 is 11.9 Å². The largest absolute Gasteiger partial charge is 0.352 e. The van der Waals surface area contributed by atoms with Crippen LogP contribution < -0.4 is 16.4 Å². The lowest BCUT2D eigenvalue weighted by molar-refractivity contribution is 0.0940. The molecule has 0 aliphatic carbocycles. The van der Waals surface area contributed by atoms with Gasteiger partial charge < -0.3 is 16.4 Å². The van der Waals surface area contributed by atoms with Gasteiger partial charge in [0.2, 0.25) is 0 Å². The minimum absolute atomic E-state index is 0.0695. The Labute approximate surface area is 135 Å². The molecule has 5 heteroatoms. The highest BCUT2D eigenvalue weighted by Gasteiger charge is 2.12. The van der Waals surface area contributed by atoms with Gasteiger partial charge in [-0.25, -0.2) is 4.79 Å². The van der Waals surface area contributed by atoms with Crippen LogP contribution in [0.3, 0.4) is 0 Å². The minimum Gasteiger partial charge on any atom is -0.352 e. The standard InChI is InChI=1S/C18H21N3O2/c1-12-5-3-4-6-16(12)13(2)21-17(22)15-9-7-14(8-10-15)11-20-18(19)23/h3-10,13H,11H2,1-2H3,(H,21,22)(H3,19,20,23). The first kappa shape index (κ1) is 16.5. The summed E-state index contributed by atoms with van der Waals surface area (Å²) in [6.45, 7) is 4.33. The van der Waals surface area contributed by atoms with Gasteiger partial charge >= 0.3 is 6.03 Å². The molecule has 0 saturated heterocycles. The Morgan fingerprint density at radius 3 is 2.35 bits per heavy atom. The van der Waals surface area contributed by atoms with Crippen molar-refractivity contribution in [2.24, 2.45) is 5.73 Å². The van der Waals surface area contributed by atoms with Gasteiger partial charge in [0.15, 0.2) is 0 Å². The van der Waals surface area contributed by atoms with E-state index in [1.807, 2.05) is 38.1 Å². The van der Waals surface area contributed by atoms with E-state index in [0.717, 1.165) is 16.7 Å². The Bertz CT molecular complexity index is 696. The van der Waals surface area contributed by atoms with E-state index in [9.17, 15) is 9.59 Å². The summed E-state index contributed by atoms with van der Waals surface area (Å²) in [7, 11) is 0. The van der Waals surface area contributed by atoms with E-state index in [2.05, 4.69) is 10.6 Å². The maximum absolute atomic E-state index is 12.3. The van der Waals surface area contributed by atoms with Gasteiger partial charge in [-0.15, -0.1) is 0 Å². The molecule has 0 radical (unpaired) electrons. The molecule has 2 aromatic rings. The van der Waals surface area contributed by atoms with Crippen molar-refractivity contribution < 1.29 is 9.59 Å². The lowest BCUT2D eigenvalue weighted by atomic mass is 10.0. The number of primary amides is 1. The van der Waals surface area contributed by atoms with Gasteiger partial charge in [0.25, 0.3) is 5.91 Å². The maximum Gasteiger partial charge on any atom is 0.312 e. The molecule has 5 nitrogen and oxygen atoms in total. The molecule has 1 atom stereocenters. The molecule has 2 aromatic carbocycles. The predicted octanol–water partition coefficient (Wildman–Crippen LogP) is 2.65. The molecule has 0 fully saturated rings. The zero-order valence-corrected chi connectivity index (χ0v) is 13.3. The van der Waals surface area contributed by atoms with Crippen molar-refractivity contribution in [1.29, 1.82) is 0 Å². The summed E-state index contributed by atoms with van der Waals surface area (Å²) in [5.74, 6) is -0.129. The first-order valence-electron chi connectivity index (χ1n) is 7.46. The number of carbonyl (C=O) groups excluding carboxylic acids is 2. The number of nitrogens with two attached hydrogens (primary N) is 1. The zero-order chi connectivity index (χ0) is 16.8. The van der Waals surface area contributed by atoms with E-state index in [1.54, 1.807) is 24.3 Å². The number of amides is 3. The van der Waals surface area contributed by atoms with Gasteiger partial charge in [-0.1, -0.05) is 36.4 Å². The topological polar surface area (TPSA) is 84.2 Å². The number of benzene rings is 2. The van der Waals surface area contributed by atoms with Crippen LogP contribution >= 0.6 is 0 Å². The van der Waals surface area contributed by atoms with E-state index in [0.29, 0.717) is 12.1 Å². The molecule has 23 heavy (non-hydrogen) atoms. The van der Waals surface area contributed by atoms with E-state index < -0.39 is 6.03 Å². The van der Waals surface area contributed by atoms with Crippen LogP contribution in [0.25, 0.3) is 0 Å². The molecule has 0 spiro atoms. The van der Waals surface area contributed by atoms with Crippen LogP contribution in [0.4, 0.5) is 4.79 Å². The Hall–Kier alpha value is -2.82. The number of carbonyl (C=O) groups is 2. The van der Waals surface area contributed by atoms with Gasteiger partial charge in [-0.05, 0) is 42.7 Å². The van der Waals surface area contributed by atoms with Crippen LogP contribution in [-0.4, -0.2) is 11.9 Å². The Kier molecular flexibility index (Phi) is 5.36. The van der Waals surface area contributed by atoms with Crippen molar-refractivity contribution in [3.05, 3.63) is 70.8 Å². The van der Waals surface area contributed by atoms with Gasteiger partial charge in [-0.2, -0.15) is 0 Å². The highest BCUT2D eigenvalue weighted by molar-refractivity contribution is 5.94. The Balaban J connectivity index is 2.00. The minimum atomic E-state index is -0.570. The van der Waals surface area contributed by atoms with Crippen molar-refractivity contribution in [3.63, 3.8) is 0 Å². The molecule has 0 aromatic heterocycles. The van der Waals surface area contributed by atoms with E-state index >= 15 is 0 Å². The number of rotatable bonds is 5. The van der Waals surface area contributed by atoms with Gasteiger partial charge in [0.1, 0.15) is 0 Å². The third-order valence-corrected chi connectivity index (χ3v) is 3.69. The molecule has 3 amide bonds. The first-order valence-corrected chi connectivity index (χ1v) is 7.46. The summed E-state index contributed by atoms with van der Waals surface area (Å²) in [5, 5.41) is 5.50. The quantitative estimate of drug-likeness (QED) is 0.793. The van der Waals surface area contributed by atoms with Crippen molar-refractivity contribution in [1.82, 2.24) is 10.6 Å². The summed E-state index contributed by atoms with van der Waals surface area (Å²) in [6.07, 6.45) is 0. The zero-order valence-electron chi connectivity index (χ0n) is 13.3. The molecule has 0 aliphatic heterocycles. The molecular formula is C18H21N3O2. The molecule has 1 unspecified atom stereocenters. The van der Waals surface area contributed by atoms with E-state index in [4.69, 9.17) is 5.73 Å². The van der Waals surface area contributed by atoms with Crippen LogP contribution in [0.1, 0.15) is 40.0 Å². The van der Waals surface area contributed by atoms with Gasteiger partial charge in [-0.3, -0.25) is 4.79 Å². The summed E-state index contributed by atoms with van der Waals surface area (Å²) in [4.78, 5) is 23.0. The summed E-state index contributed by atoms with van der Waals surface area (Å²) >= 11 is 0. The van der Waals surface area contributed by atoms with Crippen molar-refractivity contribution in [2.75, 3.05) is 0 Å². The molecular weight excluding hydrogens is 290 g/mol. The molecule has 0 aliphatic rings. The third-order valence-electron chi connectivity index (χ3n) is 3.69. The fourth-order valence-corrected chi connectivity index (χ4v) is 2.39. The summed E-state index contributed by atoms with van der Waals surface area (Å²) in [6, 6.07) is 14.4. The van der Waals surface area contributed by atoms with Crippen molar-refractivity contribution in [3.8, 4) is 0 Å². The molecule has 0 bridgehead atoms. The first-order chi connectivity index (χ1) is 11.0. The average molecular weight is 311 g/mol. The van der Waals surface area contributed by atoms with Crippen LogP contribution in [0.2, 0.25) is 0 Å². The highest BCUT2D eigenvalue weighted by Crippen LogP contribution is 2.17. The second-order valence-electron chi connectivity index (χ2n) is 5.47. The van der Waals surface area contributed by atoms with Gasteiger partial charge in [0, 0.05) is 12.1 Å². The third kappa shape index (κ3) is 4.57. The SMILES string of the molecule is Cc1ccccc1C(C)NC(=O)c1ccc(CNC(N)=O)cc1. The van der Waals surface area contributed by atoms with Crippen LogP contribution in [0.15, 0.2) is 48.5 Å². The summed E-state index contributed by atoms with van der Waals surface area (Å²) in [5.41, 5.74) is 8.73. The molecule has 4 N–H and O–H groups in total. The maximum atomic E-state index is 12.3. The number of hydrogen-bond acceptors (Lipinski definition) is 2. The van der Waals surface area contributed by atoms with E-state index in [-0.39, 0.29) is 11.9 Å². The molecule has 0 saturated carbocycles. The molecule has 120 valence electrons. The lowest BCUT2D eigenvalue weighted by Gasteiger charge is -2.16. The van der Waals surface area contributed by atoms with Gasteiger partial charge in [0.05, 0.1) is 6.04 Å². The van der Waals surface area contributed by atoms with Crippen LogP contribution in [-0.2, 0) is 6.54 Å². The number of hydrogen-bond donors (Lipinski definition) is 3. The normalized spacial score (nSPS) is 11.6.